The summed E-state index contributed by atoms with van der Waals surface area (Å²) in [6, 6.07) is 12.2. The van der Waals surface area contributed by atoms with Crippen LogP contribution in [0, 0.1) is 11.3 Å². The number of benzene rings is 1. The van der Waals surface area contributed by atoms with Crippen LogP contribution in [0.3, 0.4) is 0 Å². The van der Waals surface area contributed by atoms with Gasteiger partial charge in [-0.15, -0.1) is 0 Å². The maximum Gasteiger partial charge on any atom is 0.271 e. The van der Waals surface area contributed by atoms with Gasteiger partial charge in [-0.05, 0) is 47.8 Å². The van der Waals surface area contributed by atoms with Gasteiger partial charge in [-0.3, -0.25) is 9.36 Å². The van der Waals surface area contributed by atoms with E-state index in [9.17, 15) is 10.1 Å². The second-order valence-corrected chi connectivity index (χ2v) is 6.99. The molecule has 0 saturated carbocycles. The number of aromatic nitrogens is 1. The minimum absolute atomic E-state index is 0.189. The summed E-state index contributed by atoms with van der Waals surface area (Å²) in [6.45, 7) is 0. The van der Waals surface area contributed by atoms with Gasteiger partial charge in [0.1, 0.15) is 11.6 Å². The predicted octanol–water partition coefficient (Wildman–Crippen LogP) is 3.53. The number of hydrogen-bond acceptors (Lipinski definition) is 4. The molecule has 0 fully saturated rings. The van der Waals surface area contributed by atoms with E-state index in [0.29, 0.717) is 5.56 Å². The Morgan fingerprint density at radius 1 is 1.17 bits per heavy atom. The monoisotopic (exact) mass is 335 g/mol. The Hall–Kier alpha value is -2.45. The van der Waals surface area contributed by atoms with Crippen molar-refractivity contribution in [2.24, 2.45) is 0 Å². The molecule has 1 atom stereocenters. The van der Waals surface area contributed by atoms with Crippen LogP contribution in [0.25, 0.3) is 11.3 Å². The first-order valence-corrected chi connectivity index (χ1v) is 9.08. The molecule has 120 valence electrons. The van der Waals surface area contributed by atoms with Gasteiger partial charge in [0.15, 0.2) is 5.50 Å². The Bertz CT molecular complexity index is 901. The highest BCUT2D eigenvalue weighted by atomic mass is 32.2. The number of fused-ring (bicyclic) bond motifs is 1. The molecule has 1 aliphatic heterocycles. The van der Waals surface area contributed by atoms with Crippen LogP contribution >= 0.6 is 11.8 Å². The Labute approximate surface area is 144 Å². The summed E-state index contributed by atoms with van der Waals surface area (Å²) in [7, 11) is 0. The molecule has 2 heterocycles. The minimum Gasteiger partial charge on any atom is -0.362 e. The van der Waals surface area contributed by atoms with E-state index in [2.05, 4.69) is 11.4 Å². The van der Waals surface area contributed by atoms with E-state index in [1.165, 1.54) is 0 Å². The van der Waals surface area contributed by atoms with Gasteiger partial charge in [0.25, 0.3) is 5.56 Å². The van der Waals surface area contributed by atoms with Gasteiger partial charge >= 0.3 is 0 Å². The van der Waals surface area contributed by atoms with Crippen molar-refractivity contribution >= 4 is 11.8 Å². The van der Waals surface area contributed by atoms with Crippen LogP contribution in [0.2, 0.25) is 0 Å². The predicted molar refractivity (Wildman–Crippen MR) is 96.4 cm³/mol. The number of rotatable bonds is 2. The van der Waals surface area contributed by atoms with Gasteiger partial charge in [-0.25, -0.2) is 0 Å². The van der Waals surface area contributed by atoms with Gasteiger partial charge in [0.05, 0.1) is 5.69 Å². The summed E-state index contributed by atoms with van der Waals surface area (Å²) in [4.78, 5) is 13.1. The zero-order valence-electron chi connectivity index (χ0n) is 13.2. The number of nitrogens with one attached hydrogen (secondary N) is 1. The van der Waals surface area contributed by atoms with Crippen molar-refractivity contribution in [1.29, 1.82) is 5.26 Å². The molecule has 1 aliphatic carbocycles. The molecule has 2 aromatic rings. The van der Waals surface area contributed by atoms with Crippen LogP contribution in [0.1, 0.15) is 35.0 Å². The summed E-state index contributed by atoms with van der Waals surface area (Å²) in [5.74, 6) is 0. The molecule has 1 N–H and O–H groups in total. The number of pyridine rings is 1. The number of nitriles is 1. The van der Waals surface area contributed by atoms with Crippen molar-refractivity contribution in [1.82, 2.24) is 9.88 Å². The number of hydrogen-bond donors (Lipinski definition) is 1. The summed E-state index contributed by atoms with van der Waals surface area (Å²) >= 11 is 1.55. The van der Waals surface area contributed by atoms with Gasteiger partial charge in [0, 0.05) is 6.20 Å². The van der Waals surface area contributed by atoms with Crippen LogP contribution in [0.4, 0.5) is 0 Å². The fourth-order valence-electron chi connectivity index (χ4n) is 3.60. The standard InChI is InChI=1S/C19H17N3OS/c20-12-16-14-8-4-5-9-15(14)17(13-6-2-1-3-7-13)22(18(16)23)19-21-10-11-24-19/h1-3,6-7,10-11,19,21H,4-5,8-9H2/t19-/m0/s1. The molecular weight excluding hydrogens is 318 g/mol. The molecule has 4 nitrogen and oxygen atoms in total. The van der Waals surface area contributed by atoms with Crippen molar-refractivity contribution in [3.05, 3.63) is 69.0 Å². The Morgan fingerprint density at radius 2 is 1.92 bits per heavy atom. The second-order valence-electron chi connectivity index (χ2n) is 6.00. The highest BCUT2D eigenvalue weighted by Crippen LogP contribution is 2.36. The third-order valence-corrected chi connectivity index (χ3v) is 5.53. The van der Waals surface area contributed by atoms with Gasteiger partial charge in [-0.1, -0.05) is 42.1 Å². The summed E-state index contributed by atoms with van der Waals surface area (Å²) in [5.41, 5.74) is 4.05. The molecular formula is C19H17N3OS. The molecule has 0 saturated heterocycles. The van der Waals surface area contributed by atoms with E-state index in [4.69, 9.17) is 0 Å². The maximum absolute atomic E-state index is 13.1. The molecule has 0 unspecified atom stereocenters. The average Bonchev–Trinajstić information content (AvgIpc) is 3.15. The summed E-state index contributed by atoms with van der Waals surface area (Å²) in [6.07, 6.45) is 5.72. The molecule has 0 spiro atoms. The lowest BCUT2D eigenvalue weighted by molar-refractivity contribution is 0.596. The SMILES string of the molecule is N#Cc1c2c(c(-c3ccccc3)n([C@@H]3NC=CS3)c1=O)CCCC2. The number of thioether (sulfide) groups is 1. The van der Waals surface area contributed by atoms with Crippen molar-refractivity contribution in [2.45, 2.75) is 31.2 Å². The lowest BCUT2D eigenvalue weighted by atomic mass is 9.86. The largest absolute Gasteiger partial charge is 0.362 e. The van der Waals surface area contributed by atoms with E-state index >= 15 is 0 Å². The molecule has 24 heavy (non-hydrogen) atoms. The zero-order chi connectivity index (χ0) is 16.5. The topological polar surface area (TPSA) is 57.8 Å². The first-order chi connectivity index (χ1) is 11.8. The number of nitrogens with zero attached hydrogens (tertiary/aromatic N) is 2. The molecule has 2 aliphatic rings. The lowest BCUT2D eigenvalue weighted by Crippen LogP contribution is -2.34. The Morgan fingerprint density at radius 3 is 2.58 bits per heavy atom. The third kappa shape index (κ3) is 2.35. The quantitative estimate of drug-likeness (QED) is 0.912. The summed E-state index contributed by atoms with van der Waals surface area (Å²) < 4.78 is 1.77. The van der Waals surface area contributed by atoms with Crippen LogP contribution in [0.5, 0.6) is 0 Å². The molecule has 5 heteroatoms. The Balaban J connectivity index is 2.07. The van der Waals surface area contributed by atoms with Crippen molar-refractivity contribution in [3.8, 4) is 17.3 Å². The fourth-order valence-corrected chi connectivity index (χ4v) is 4.38. The summed E-state index contributed by atoms with van der Waals surface area (Å²) in [5, 5.41) is 14.8. The van der Waals surface area contributed by atoms with Crippen molar-refractivity contribution in [2.75, 3.05) is 0 Å². The molecule has 1 aromatic carbocycles. The average molecular weight is 335 g/mol. The van der Waals surface area contributed by atoms with Crippen LogP contribution in [-0.4, -0.2) is 4.57 Å². The Kier molecular flexibility index (Phi) is 3.91. The first kappa shape index (κ1) is 15.1. The van der Waals surface area contributed by atoms with Gasteiger partial charge in [-0.2, -0.15) is 5.26 Å². The van der Waals surface area contributed by atoms with E-state index in [0.717, 1.165) is 48.1 Å². The second kappa shape index (κ2) is 6.21. The minimum atomic E-state index is -0.202. The van der Waals surface area contributed by atoms with E-state index in [1.54, 1.807) is 16.3 Å². The molecule has 1 aromatic heterocycles. The van der Waals surface area contributed by atoms with Crippen LogP contribution < -0.4 is 10.9 Å². The zero-order valence-corrected chi connectivity index (χ0v) is 14.0. The first-order valence-electron chi connectivity index (χ1n) is 8.13. The van der Waals surface area contributed by atoms with E-state index in [1.807, 2.05) is 41.9 Å². The smallest absolute Gasteiger partial charge is 0.271 e. The van der Waals surface area contributed by atoms with Crippen LogP contribution in [-0.2, 0) is 12.8 Å². The highest BCUT2D eigenvalue weighted by Gasteiger charge is 2.28. The molecule has 4 rings (SSSR count). The highest BCUT2D eigenvalue weighted by molar-refractivity contribution is 8.02. The van der Waals surface area contributed by atoms with E-state index < -0.39 is 0 Å². The van der Waals surface area contributed by atoms with Gasteiger partial charge in [0.2, 0.25) is 0 Å². The lowest BCUT2D eigenvalue weighted by Gasteiger charge is -2.27. The van der Waals surface area contributed by atoms with E-state index in [-0.39, 0.29) is 11.1 Å². The van der Waals surface area contributed by atoms with Crippen molar-refractivity contribution < 1.29 is 0 Å². The maximum atomic E-state index is 13.1. The van der Waals surface area contributed by atoms with Crippen LogP contribution in [0.15, 0.2) is 46.7 Å². The third-order valence-electron chi connectivity index (χ3n) is 4.64. The normalized spacial score (nSPS) is 18.7. The fraction of sp³-hybridized carbons (Fsp3) is 0.263. The molecule has 0 bridgehead atoms. The molecule has 0 amide bonds. The molecule has 0 radical (unpaired) electrons. The van der Waals surface area contributed by atoms with Gasteiger partial charge < -0.3 is 5.32 Å². The van der Waals surface area contributed by atoms with Crippen molar-refractivity contribution in [3.63, 3.8) is 0 Å².